The number of anilines is 3. The van der Waals surface area contributed by atoms with E-state index in [9.17, 15) is 14.0 Å². The van der Waals surface area contributed by atoms with Crippen LogP contribution >= 0.6 is 0 Å². The van der Waals surface area contributed by atoms with Crippen LogP contribution in [-0.2, 0) is 4.79 Å². The molecule has 1 saturated heterocycles. The molecule has 3 rings (SSSR count). The first-order valence-electron chi connectivity index (χ1n) is 8.89. The van der Waals surface area contributed by atoms with E-state index in [-0.39, 0.29) is 23.3 Å². The number of nitrogens with zero attached hydrogens (tertiary/aromatic N) is 2. The van der Waals surface area contributed by atoms with Gasteiger partial charge in [-0.2, -0.15) is 0 Å². The van der Waals surface area contributed by atoms with E-state index in [0.717, 1.165) is 6.42 Å². The van der Waals surface area contributed by atoms with Crippen LogP contribution in [0.15, 0.2) is 43.0 Å². The molecular formula is C20H22FN5O2. The SMILES string of the molecule is C=CC(=O)NC1CCN(c2ccc(C(N)=O)c(Nc3ccc(F)c(C)c3)n2)C1. The summed E-state index contributed by atoms with van der Waals surface area (Å²) in [6.45, 7) is 6.41. The second-order valence-corrected chi connectivity index (χ2v) is 6.66. The number of hydrogen-bond acceptors (Lipinski definition) is 5. The van der Waals surface area contributed by atoms with Gasteiger partial charge in [0.1, 0.15) is 17.5 Å². The molecule has 8 heteroatoms. The Bertz CT molecular complexity index is 931. The van der Waals surface area contributed by atoms with Crippen molar-refractivity contribution in [3.05, 3.63) is 59.9 Å². The van der Waals surface area contributed by atoms with Gasteiger partial charge in [-0.1, -0.05) is 6.58 Å². The van der Waals surface area contributed by atoms with Crippen LogP contribution in [0.25, 0.3) is 0 Å². The summed E-state index contributed by atoms with van der Waals surface area (Å²) >= 11 is 0. The van der Waals surface area contributed by atoms with Gasteiger partial charge in [-0.25, -0.2) is 9.37 Å². The zero-order valence-electron chi connectivity index (χ0n) is 15.5. The minimum absolute atomic E-state index is 0.000672. The lowest BCUT2D eigenvalue weighted by Crippen LogP contribution is -2.36. The highest BCUT2D eigenvalue weighted by Crippen LogP contribution is 2.26. The van der Waals surface area contributed by atoms with Crippen molar-refractivity contribution in [3.63, 3.8) is 0 Å². The normalized spacial score (nSPS) is 15.9. The van der Waals surface area contributed by atoms with Crippen molar-refractivity contribution in [3.8, 4) is 0 Å². The van der Waals surface area contributed by atoms with E-state index in [1.54, 1.807) is 31.2 Å². The molecule has 146 valence electrons. The number of primary amides is 1. The number of nitrogens with one attached hydrogen (secondary N) is 2. The van der Waals surface area contributed by atoms with Crippen LogP contribution in [-0.4, -0.2) is 35.9 Å². The number of carbonyl (C=O) groups is 2. The van der Waals surface area contributed by atoms with Gasteiger partial charge in [0.2, 0.25) is 5.91 Å². The van der Waals surface area contributed by atoms with E-state index >= 15 is 0 Å². The van der Waals surface area contributed by atoms with Crippen LogP contribution in [0.2, 0.25) is 0 Å². The van der Waals surface area contributed by atoms with E-state index in [1.165, 1.54) is 12.1 Å². The van der Waals surface area contributed by atoms with Gasteiger partial charge < -0.3 is 21.3 Å². The first-order valence-corrected chi connectivity index (χ1v) is 8.89. The maximum absolute atomic E-state index is 13.5. The van der Waals surface area contributed by atoms with Gasteiger partial charge in [0, 0.05) is 24.8 Å². The molecule has 7 nitrogen and oxygen atoms in total. The van der Waals surface area contributed by atoms with Crippen LogP contribution in [0.3, 0.4) is 0 Å². The summed E-state index contributed by atoms with van der Waals surface area (Å²) in [4.78, 5) is 29.8. The Hall–Kier alpha value is -3.42. The molecule has 1 aromatic carbocycles. The molecule has 1 aromatic heterocycles. The molecule has 0 bridgehead atoms. The van der Waals surface area contributed by atoms with E-state index in [2.05, 4.69) is 22.2 Å². The van der Waals surface area contributed by atoms with E-state index in [0.29, 0.717) is 36.0 Å². The standard InChI is InChI=1S/C20H22FN5O2/c1-3-18(27)23-14-8-9-26(11-14)17-7-5-15(19(22)28)20(25-17)24-13-4-6-16(21)12(2)10-13/h3-7,10,14H,1,8-9,11H2,2H3,(H2,22,28)(H,23,27)(H,24,25). The van der Waals surface area contributed by atoms with Crippen molar-refractivity contribution < 1.29 is 14.0 Å². The maximum Gasteiger partial charge on any atom is 0.252 e. The molecule has 0 radical (unpaired) electrons. The highest BCUT2D eigenvalue weighted by Gasteiger charge is 2.25. The Morgan fingerprint density at radius 1 is 1.36 bits per heavy atom. The number of hydrogen-bond donors (Lipinski definition) is 3. The summed E-state index contributed by atoms with van der Waals surface area (Å²) < 4.78 is 13.5. The van der Waals surface area contributed by atoms with Crippen LogP contribution in [0.1, 0.15) is 22.3 Å². The molecule has 1 atom stereocenters. The lowest BCUT2D eigenvalue weighted by atomic mass is 10.2. The number of benzene rings is 1. The van der Waals surface area contributed by atoms with Crippen molar-refractivity contribution in [1.82, 2.24) is 10.3 Å². The lowest BCUT2D eigenvalue weighted by Gasteiger charge is -2.20. The third-order valence-corrected chi connectivity index (χ3v) is 4.61. The molecule has 2 amide bonds. The Morgan fingerprint density at radius 3 is 2.82 bits per heavy atom. The predicted octanol–water partition coefficient (Wildman–Crippen LogP) is 2.25. The average Bonchev–Trinajstić information content (AvgIpc) is 3.12. The third kappa shape index (κ3) is 4.28. The lowest BCUT2D eigenvalue weighted by molar-refractivity contribution is -0.117. The molecule has 2 aromatic rings. The second-order valence-electron chi connectivity index (χ2n) is 6.66. The van der Waals surface area contributed by atoms with E-state index < -0.39 is 5.91 Å². The minimum atomic E-state index is -0.613. The van der Waals surface area contributed by atoms with Crippen molar-refractivity contribution in [2.75, 3.05) is 23.3 Å². The van der Waals surface area contributed by atoms with Gasteiger partial charge in [0.25, 0.3) is 5.91 Å². The predicted molar refractivity (Wildman–Crippen MR) is 106 cm³/mol. The smallest absolute Gasteiger partial charge is 0.252 e. The number of aryl methyl sites for hydroxylation is 1. The Kier molecular flexibility index (Phi) is 5.58. The molecule has 1 aliphatic heterocycles. The van der Waals surface area contributed by atoms with Gasteiger partial charge in [0.15, 0.2) is 0 Å². The zero-order valence-corrected chi connectivity index (χ0v) is 15.5. The van der Waals surface area contributed by atoms with Crippen LogP contribution in [0, 0.1) is 12.7 Å². The topological polar surface area (TPSA) is 100 Å². The van der Waals surface area contributed by atoms with Gasteiger partial charge in [-0.05, 0) is 55.3 Å². The number of halogens is 1. The molecule has 0 saturated carbocycles. The Morgan fingerprint density at radius 2 is 2.14 bits per heavy atom. The second kappa shape index (κ2) is 8.08. The number of rotatable bonds is 6. The van der Waals surface area contributed by atoms with Crippen LogP contribution in [0.4, 0.5) is 21.7 Å². The van der Waals surface area contributed by atoms with Gasteiger partial charge in [-0.15, -0.1) is 0 Å². The Balaban J connectivity index is 1.83. The van der Waals surface area contributed by atoms with Crippen molar-refractivity contribution >= 4 is 29.1 Å². The molecule has 0 spiro atoms. The van der Waals surface area contributed by atoms with Crippen molar-refractivity contribution in [1.29, 1.82) is 0 Å². The highest BCUT2D eigenvalue weighted by atomic mass is 19.1. The number of pyridine rings is 1. The first-order chi connectivity index (χ1) is 13.4. The van der Waals surface area contributed by atoms with Crippen molar-refractivity contribution in [2.24, 2.45) is 5.73 Å². The fourth-order valence-corrected chi connectivity index (χ4v) is 3.12. The van der Waals surface area contributed by atoms with Gasteiger partial charge >= 0.3 is 0 Å². The van der Waals surface area contributed by atoms with Crippen LogP contribution in [0.5, 0.6) is 0 Å². The maximum atomic E-state index is 13.5. The van der Waals surface area contributed by atoms with E-state index in [4.69, 9.17) is 5.73 Å². The molecule has 28 heavy (non-hydrogen) atoms. The zero-order chi connectivity index (χ0) is 20.3. The number of nitrogens with two attached hydrogens (primary N) is 1. The van der Waals surface area contributed by atoms with Crippen LogP contribution < -0.4 is 21.3 Å². The number of carbonyl (C=O) groups excluding carboxylic acids is 2. The summed E-state index contributed by atoms with van der Waals surface area (Å²) in [6, 6.07) is 7.87. The molecule has 2 heterocycles. The summed E-state index contributed by atoms with van der Waals surface area (Å²) in [5.74, 6) is -0.181. The fourth-order valence-electron chi connectivity index (χ4n) is 3.12. The highest BCUT2D eigenvalue weighted by molar-refractivity contribution is 5.98. The third-order valence-electron chi connectivity index (χ3n) is 4.61. The fraction of sp³-hybridized carbons (Fsp3) is 0.250. The van der Waals surface area contributed by atoms with Gasteiger partial charge in [-0.3, -0.25) is 9.59 Å². The molecule has 4 N–H and O–H groups in total. The summed E-state index contributed by atoms with van der Waals surface area (Å²) in [5.41, 5.74) is 6.78. The van der Waals surface area contributed by atoms with Gasteiger partial charge in [0.05, 0.1) is 5.56 Å². The summed E-state index contributed by atoms with van der Waals surface area (Å²) in [6.07, 6.45) is 2.02. The molecule has 1 unspecified atom stereocenters. The molecular weight excluding hydrogens is 361 g/mol. The summed E-state index contributed by atoms with van der Waals surface area (Å²) in [5, 5.41) is 5.92. The first kappa shape index (κ1) is 19.3. The largest absolute Gasteiger partial charge is 0.365 e. The molecule has 1 fully saturated rings. The minimum Gasteiger partial charge on any atom is -0.365 e. The number of amides is 2. The van der Waals surface area contributed by atoms with Crippen molar-refractivity contribution in [2.45, 2.75) is 19.4 Å². The molecule has 0 aliphatic carbocycles. The monoisotopic (exact) mass is 383 g/mol. The Labute approximate surface area is 162 Å². The summed E-state index contributed by atoms with van der Waals surface area (Å²) in [7, 11) is 0. The quantitative estimate of drug-likeness (QED) is 0.665. The average molecular weight is 383 g/mol. The van der Waals surface area contributed by atoms with E-state index in [1.807, 2.05) is 4.90 Å². The molecule has 1 aliphatic rings. The number of aromatic nitrogens is 1.